The largest absolute Gasteiger partial charge is 0.489 e. The van der Waals surface area contributed by atoms with E-state index in [1.54, 1.807) is 4.57 Å². The van der Waals surface area contributed by atoms with Crippen molar-refractivity contribution in [1.82, 2.24) is 9.88 Å². The van der Waals surface area contributed by atoms with Gasteiger partial charge in [-0.3, -0.25) is 4.79 Å². The van der Waals surface area contributed by atoms with Gasteiger partial charge in [0.1, 0.15) is 18.0 Å². The highest BCUT2D eigenvalue weighted by molar-refractivity contribution is 5.98. The first-order chi connectivity index (χ1) is 18.5. The molecule has 0 aliphatic heterocycles. The van der Waals surface area contributed by atoms with Crippen LogP contribution in [0.1, 0.15) is 51.4 Å². The first kappa shape index (κ1) is 28.0. The molecule has 1 aromatic heterocycles. The molecule has 0 aliphatic carbocycles. The van der Waals surface area contributed by atoms with Crippen molar-refractivity contribution in [2.45, 2.75) is 66.8 Å². The predicted molar refractivity (Wildman–Crippen MR) is 157 cm³/mol. The molecule has 1 heterocycles. The summed E-state index contributed by atoms with van der Waals surface area (Å²) in [6.07, 6.45) is -0.527. The fraction of sp³-hybridized carbons (Fsp3) is 0.333. The van der Waals surface area contributed by atoms with Crippen LogP contribution in [0.2, 0.25) is 0 Å². The smallest absolute Gasteiger partial charge is 0.407 e. The van der Waals surface area contributed by atoms with Crippen molar-refractivity contribution in [2.75, 3.05) is 0 Å². The fourth-order valence-corrected chi connectivity index (χ4v) is 4.56. The Kier molecular flexibility index (Phi) is 8.44. The van der Waals surface area contributed by atoms with E-state index < -0.39 is 11.7 Å². The number of amides is 1. The highest BCUT2D eigenvalue weighted by atomic mass is 16.6. The van der Waals surface area contributed by atoms with Crippen molar-refractivity contribution in [3.63, 3.8) is 0 Å². The Hall–Kier alpha value is -4.06. The molecule has 0 bridgehead atoms. The Bertz CT molecular complexity index is 1500. The van der Waals surface area contributed by atoms with Crippen molar-refractivity contribution < 1.29 is 14.3 Å². The Morgan fingerprint density at radius 3 is 2.28 bits per heavy atom. The number of rotatable bonds is 8. The Balaban J connectivity index is 1.88. The van der Waals surface area contributed by atoms with E-state index in [1.807, 2.05) is 76.2 Å². The van der Waals surface area contributed by atoms with Gasteiger partial charge in [0.15, 0.2) is 0 Å². The van der Waals surface area contributed by atoms with Gasteiger partial charge in [-0.25, -0.2) is 4.79 Å². The summed E-state index contributed by atoms with van der Waals surface area (Å²) < 4.78 is 13.4. The van der Waals surface area contributed by atoms with E-state index in [9.17, 15) is 9.59 Å². The second-order valence-electron chi connectivity index (χ2n) is 11.3. The molecule has 0 saturated heterocycles. The van der Waals surface area contributed by atoms with Gasteiger partial charge in [0, 0.05) is 28.6 Å². The molecule has 4 rings (SSSR count). The molecule has 0 saturated carbocycles. The molecule has 1 N–H and O–H groups in total. The molecule has 39 heavy (non-hydrogen) atoms. The van der Waals surface area contributed by atoms with E-state index in [4.69, 9.17) is 9.47 Å². The summed E-state index contributed by atoms with van der Waals surface area (Å²) in [7, 11) is 0. The van der Waals surface area contributed by atoms with Gasteiger partial charge in [-0.1, -0.05) is 74.0 Å². The number of ether oxygens (including phenoxy) is 2. The molecule has 0 unspecified atom stereocenters. The summed E-state index contributed by atoms with van der Waals surface area (Å²) >= 11 is 0. The van der Waals surface area contributed by atoms with Crippen molar-refractivity contribution in [2.24, 2.45) is 5.92 Å². The molecule has 0 spiro atoms. The van der Waals surface area contributed by atoms with Gasteiger partial charge >= 0.3 is 6.09 Å². The van der Waals surface area contributed by atoms with Crippen LogP contribution in [-0.4, -0.2) is 16.3 Å². The number of fused-ring (bicyclic) bond motifs is 1. The van der Waals surface area contributed by atoms with Crippen LogP contribution >= 0.6 is 0 Å². The quantitative estimate of drug-likeness (QED) is 0.263. The fourth-order valence-electron chi connectivity index (χ4n) is 4.56. The summed E-state index contributed by atoms with van der Waals surface area (Å²) in [5, 5.41) is 4.29. The van der Waals surface area contributed by atoms with Crippen LogP contribution < -0.4 is 15.6 Å². The molecule has 6 heteroatoms. The lowest BCUT2D eigenvalue weighted by atomic mass is 9.95. The van der Waals surface area contributed by atoms with Gasteiger partial charge in [0.05, 0.1) is 6.54 Å². The van der Waals surface area contributed by atoms with E-state index >= 15 is 0 Å². The first-order valence-electron chi connectivity index (χ1n) is 13.4. The summed E-state index contributed by atoms with van der Waals surface area (Å²) in [4.78, 5) is 26.5. The number of hydrogen-bond donors (Lipinski definition) is 1. The van der Waals surface area contributed by atoms with Crippen molar-refractivity contribution in [1.29, 1.82) is 0 Å². The summed E-state index contributed by atoms with van der Waals surface area (Å²) in [5.41, 5.74) is 4.07. The average Bonchev–Trinajstić information content (AvgIpc) is 2.88. The summed E-state index contributed by atoms with van der Waals surface area (Å²) in [5.74, 6) is 0.895. The third kappa shape index (κ3) is 7.08. The van der Waals surface area contributed by atoms with Gasteiger partial charge in [-0.05, 0) is 62.9 Å². The molecule has 204 valence electrons. The molecule has 0 aliphatic rings. The number of carbonyl (C=O) groups is 1. The van der Waals surface area contributed by atoms with E-state index in [-0.39, 0.29) is 18.0 Å². The minimum atomic E-state index is -0.629. The number of benzene rings is 3. The Labute approximate surface area is 230 Å². The van der Waals surface area contributed by atoms with Crippen LogP contribution in [0.3, 0.4) is 0 Å². The van der Waals surface area contributed by atoms with E-state index in [2.05, 4.69) is 43.4 Å². The minimum absolute atomic E-state index is 0.0924. The summed E-state index contributed by atoms with van der Waals surface area (Å²) in [6.45, 7) is 12.8. The van der Waals surface area contributed by atoms with Crippen LogP contribution in [0, 0.1) is 12.8 Å². The minimum Gasteiger partial charge on any atom is -0.489 e. The zero-order valence-electron chi connectivity index (χ0n) is 23.7. The third-order valence-corrected chi connectivity index (χ3v) is 6.29. The third-order valence-electron chi connectivity index (χ3n) is 6.29. The van der Waals surface area contributed by atoms with Crippen LogP contribution in [0.4, 0.5) is 4.79 Å². The molecule has 0 radical (unpaired) electrons. The normalized spacial score (nSPS) is 11.6. The maximum Gasteiger partial charge on any atom is 0.407 e. The van der Waals surface area contributed by atoms with Crippen LogP contribution in [0.5, 0.6) is 5.75 Å². The number of aromatic nitrogens is 1. The molecule has 3 aromatic carbocycles. The number of aryl methyl sites for hydroxylation is 1. The Morgan fingerprint density at radius 2 is 1.64 bits per heavy atom. The molecule has 4 aromatic rings. The Morgan fingerprint density at radius 1 is 0.949 bits per heavy atom. The van der Waals surface area contributed by atoms with Crippen LogP contribution in [-0.2, 0) is 24.4 Å². The molecule has 1 amide bonds. The van der Waals surface area contributed by atoms with E-state index in [0.717, 1.165) is 33.3 Å². The monoisotopic (exact) mass is 526 g/mol. The lowest BCUT2D eigenvalue weighted by Gasteiger charge is -2.24. The molecular formula is C33H38N2O4. The van der Waals surface area contributed by atoms with Crippen molar-refractivity contribution in [3.05, 3.63) is 100.0 Å². The van der Waals surface area contributed by atoms with Crippen molar-refractivity contribution >= 4 is 16.9 Å². The maximum absolute atomic E-state index is 13.9. The number of pyridine rings is 1. The lowest BCUT2D eigenvalue weighted by Crippen LogP contribution is -2.35. The number of alkyl carbamates (subject to hydrolysis) is 1. The second kappa shape index (κ2) is 11.8. The zero-order chi connectivity index (χ0) is 28.2. The average molecular weight is 527 g/mol. The van der Waals surface area contributed by atoms with Crippen molar-refractivity contribution in [3.8, 4) is 16.9 Å². The number of nitrogens with one attached hydrogen (secondary N) is 1. The van der Waals surface area contributed by atoms with Gasteiger partial charge < -0.3 is 19.4 Å². The molecule has 6 nitrogen and oxygen atoms in total. The highest BCUT2D eigenvalue weighted by Crippen LogP contribution is 2.34. The van der Waals surface area contributed by atoms with E-state index in [1.165, 1.54) is 0 Å². The maximum atomic E-state index is 13.9. The number of hydrogen-bond acceptors (Lipinski definition) is 4. The molecular weight excluding hydrogens is 488 g/mol. The summed E-state index contributed by atoms with van der Waals surface area (Å²) in [6, 6.07) is 23.8. The number of nitrogens with zero attached hydrogens (tertiary/aromatic N) is 1. The predicted octanol–water partition coefficient (Wildman–Crippen LogP) is 7.24. The van der Waals surface area contributed by atoms with Crippen LogP contribution in [0.25, 0.3) is 21.9 Å². The standard InChI is InChI=1S/C33H38N2O4/c1-22(2)20-35-29(19-34-32(37)39-33(4,5)6)30(25-14-12-23(3)13-15-25)28-18-26(16-17-27(28)31(35)36)38-21-24-10-8-7-9-11-24/h7-18,22H,19-21H2,1-6H3,(H,34,37). The zero-order valence-corrected chi connectivity index (χ0v) is 23.7. The van der Waals surface area contributed by atoms with Crippen LogP contribution in [0.15, 0.2) is 77.6 Å². The highest BCUT2D eigenvalue weighted by Gasteiger charge is 2.22. The molecule has 0 fully saturated rings. The van der Waals surface area contributed by atoms with E-state index in [0.29, 0.717) is 24.3 Å². The SMILES string of the molecule is Cc1ccc(-c2c(CNC(=O)OC(C)(C)C)n(CC(C)C)c(=O)c3ccc(OCc4ccccc4)cc23)cc1. The van der Waals surface area contributed by atoms with Gasteiger partial charge in [-0.15, -0.1) is 0 Å². The van der Waals surface area contributed by atoms with Gasteiger partial charge in [0.2, 0.25) is 0 Å². The first-order valence-corrected chi connectivity index (χ1v) is 13.4. The second-order valence-corrected chi connectivity index (χ2v) is 11.3. The molecule has 0 atom stereocenters. The lowest BCUT2D eigenvalue weighted by molar-refractivity contribution is 0.0522. The van der Waals surface area contributed by atoms with Gasteiger partial charge in [-0.2, -0.15) is 0 Å². The topological polar surface area (TPSA) is 69.6 Å². The van der Waals surface area contributed by atoms with Gasteiger partial charge in [0.25, 0.3) is 5.56 Å². The number of carbonyl (C=O) groups excluding carboxylic acids is 1.